The highest BCUT2D eigenvalue weighted by Crippen LogP contribution is 2.21. The van der Waals surface area contributed by atoms with Crippen LogP contribution in [0.1, 0.15) is 58.6 Å². The Balaban J connectivity index is 1.74. The lowest BCUT2D eigenvalue weighted by Gasteiger charge is -2.33. The molecule has 1 fully saturated rings. The third kappa shape index (κ3) is 10.3. The number of nitrogens with zero attached hydrogens (tertiary/aromatic N) is 3. The molecule has 0 radical (unpaired) electrons. The molecule has 1 aromatic carbocycles. The van der Waals surface area contributed by atoms with E-state index in [-0.39, 0.29) is 18.7 Å². The van der Waals surface area contributed by atoms with Gasteiger partial charge in [0, 0.05) is 45.9 Å². The third-order valence-electron chi connectivity index (χ3n) is 7.32. The summed E-state index contributed by atoms with van der Waals surface area (Å²) < 4.78 is 5.40. The van der Waals surface area contributed by atoms with Crippen molar-refractivity contribution in [2.24, 2.45) is 0 Å². The molecule has 1 aliphatic heterocycles. The smallest absolute Gasteiger partial charge is 0.408 e. The first-order valence-corrected chi connectivity index (χ1v) is 15.1. The van der Waals surface area contributed by atoms with Crippen LogP contribution in [-0.4, -0.2) is 94.4 Å². The van der Waals surface area contributed by atoms with Gasteiger partial charge < -0.3 is 30.5 Å². The predicted molar refractivity (Wildman–Crippen MR) is 169 cm³/mol. The van der Waals surface area contributed by atoms with E-state index in [1.54, 1.807) is 73.2 Å². The summed E-state index contributed by atoms with van der Waals surface area (Å²) in [5, 5.41) is 8.27. The van der Waals surface area contributed by atoms with Crippen LogP contribution in [0.2, 0.25) is 0 Å². The second-order valence-corrected chi connectivity index (χ2v) is 13.0. The van der Waals surface area contributed by atoms with E-state index in [9.17, 15) is 24.0 Å². The van der Waals surface area contributed by atoms with E-state index < -0.39 is 53.1 Å². The number of hydrogen-bond donors (Lipinski definition) is 3. The molecule has 12 nitrogen and oxygen atoms in total. The van der Waals surface area contributed by atoms with Gasteiger partial charge in [0.05, 0.1) is 0 Å². The van der Waals surface area contributed by atoms with Gasteiger partial charge in [-0.05, 0) is 64.7 Å². The van der Waals surface area contributed by atoms with Crippen LogP contribution >= 0.6 is 0 Å². The van der Waals surface area contributed by atoms with E-state index in [1.165, 1.54) is 9.80 Å². The van der Waals surface area contributed by atoms with Crippen LogP contribution in [0, 0.1) is 0 Å². The zero-order valence-corrected chi connectivity index (χ0v) is 27.3. The maximum absolute atomic E-state index is 13.9. The molecule has 1 saturated heterocycles. The molecule has 1 aliphatic rings. The van der Waals surface area contributed by atoms with Crippen molar-refractivity contribution < 1.29 is 28.7 Å². The zero-order valence-electron chi connectivity index (χ0n) is 27.3. The van der Waals surface area contributed by atoms with E-state index in [0.717, 1.165) is 11.1 Å². The molecule has 0 aliphatic carbocycles. The summed E-state index contributed by atoms with van der Waals surface area (Å²) in [4.78, 5) is 73.5. The Bertz CT molecular complexity index is 1340. The Morgan fingerprint density at radius 2 is 1.58 bits per heavy atom. The topological polar surface area (TPSA) is 150 Å². The number of carbonyl (C=O) groups excluding carboxylic acids is 5. The van der Waals surface area contributed by atoms with Gasteiger partial charge in [0.15, 0.2) is 0 Å². The van der Waals surface area contributed by atoms with Crippen LogP contribution in [0.3, 0.4) is 0 Å². The number of amides is 5. The van der Waals surface area contributed by atoms with Crippen LogP contribution in [0.4, 0.5) is 4.79 Å². The number of pyridine rings is 1. The van der Waals surface area contributed by atoms with E-state index in [2.05, 4.69) is 20.9 Å². The summed E-state index contributed by atoms with van der Waals surface area (Å²) in [5.74, 6) is -1.76. The molecule has 244 valence electrons. The van der Waals surface area contributed by atoms with Gasteiger partial charge in [0.25, 0.3) is 0 Å². The fourth-order valence-electron chi connectivity index (χ4n) is 5.06. The second kappa shape index (κ2) is 15.0. The number of nitrogens with one attached hydrogen (secondary N) is 3. The first-order chi connectivity index (χ1) is 21.1. The Kier molecular flexibility index (Phi) is 11.7. The van der Waals surface area contributed by atoms with Gasteiger partial charge in [-0.1, -0.05) is 36.4 Å². The van der Waals surface area contributed by atoms with E-state index in [4.69, 9.17) is 4.74 Å². The Hall–Kier alpha value is -4.48. The Morgan fingerprint density at radius 3 is 2.18 bits per heavy atom. The number of likely N-dealkylation sites (tertiary alicyclic amines) is 1. The van der Waals surface area contributed by atoms with Gasteiger partial charge in [0.1, 0.15) is 29.3 Å². The average Bonchev–Trinajstić information content (AvgIpc) is 3.46. The quantitative estimate of drug-likeness (QED) is 0.348. The normalized spacial score (nSPS) is 16.2. The molecule has 12 heteroatoms. The number of likely N-dealkylation sites (N-methyl/N-ethyl adjacent to an activating group) is 1. The van der Waals surface area contributed by atoms with Crippen molar-refractivity contribution in [1.29, 1.82) is 0 Å². The minimum absolute atomic E-state index is 0.146. The number of carbonyl (C=O) groups is 5. The van der Waals surface area contributed by atoms with Crippen molar-refractivity contribution >= 4 is 29.7 Å². The number of alkyl carbamates (subject to hydrolysis) is 1. The molecule has 45 heavy (non-hydrogen) atoms. The van der Waals surface area contributed by atoms with Gasteiger partial charge in [-0.2, -0.15) is 0 Å². The molecule has 2 heterocycles. The molecular weight excluding hydrogens is 576 g/mol. The standard InChI is InChI=1S/C33H46N6O6/c1-32(2,3)45-31(44)36-25(20-23-15-11-17-34-21-23)29(42)39-18-12-16-26(39)27(40)37-33(4,5)30(43)35-24(28(41)38(6)7)19-22-13-9-8-10-14-22/h8-11,13-15,17,21,24-26H,12,16,18-20H2,1-7H3,(H,35,43)(H,36,44)(H,37,40)/t24-,25-,26+/m0/s1. The van der Waals surface area contributed by atoms with Crippen LogP contribution in [-0.2, 0) is 36.8 Å². The minimum atomic E-state index is -1.40. The molecular formula is C33H46N6O6. The van der Waals surface area contributed by atoms with Crippen molar-refractivity contribution in [3.05, 3.63) is 66.0 Å². The summed E-state index contributed by atoms with van der Waals surface area (Å²) in [6, 6.07) is 10.2. The van der Waals surface area contributed by atoms with E-state index in [0.29, 0.717) is 19.4 Å². The molecule has 5 amide bonds. The molecule has 0 saturated carbocycles. The highest BCUT2D eigenvalue weighted by Gasteiger charge is 2.41. The second-order valence-electron chi connectivity index (χ2n) is 13.0. The van der Waals surface area contributed by atoms with Crippen molar-refractivity contribution in [2.45, 2.75) is 89.6 Å². The average molecular weight is 623 g/mol. The van der Waals surface area contributed by atoms with Gasteiger partial charge in [-0.15, -0.1) is 0 Å². The summed E-state index contributed by atoms with van der Waals surface area (Å²) in [6.45, 7) is 8.59. The summed E-state index contributed by atoms with van der Waals surface area (Å²) in [5.41, 5.74) is -0.575. The number of aromatic nitrogens is 1. The molecule has 2 aromatic rings. The van der Waals surface area contributed by atoms with Gasteiger partial charge in [0.2, 0.25) is 23.6 Å². The number of ether oxygens (including phenoxy) is 1. The van der Waals surface area contributed by atoms with Crippen molar-refractivity contribution in [1.82, 2.24) is 30.7 Å². The van der Waals surface area contributed by atoms with Gasteiger partial charge in [-0.3, -0.25) is 24.2 Å². The lowest BCUT2D eigenvalue weighted by atomic mass is 9.99. The van der Waals surface area contributed by atoms with Crippen LogP contribution in [0.5, 0.6) is 0 Å². The first-order valence-electron chi connectivity index (χ1n) is 15.1. The highest BCUT2D eigenvalue weighted by atomic mass is 16.6. The van der Waals surface area contributed by atoms with Crippen molar-refractivity contribution in [3.63, 3.8) is 0 Å². The lowest BCUT2D eigenvalue weighted by Crippen LogP contribution is -2.62. The number of rotatable bonds is 11. The van der Waals surface area contributed by atoms with Crippen LogP contribution < -0.4 is 16.0 Å². The molecule has 3 rings (SSSR count). The van der Waals surface area contributed by atoms with Crippen LogP contribution in [0.25, 0.3) is 0 Å². The highest BCUT2D eigenvalue weighted by molar-refractivity contribution is 5.97. The van der Waals surface area contributed by atoms with Crippen molar-refractivity contribution in [2.75, 3.05) is 20.6 Å². The SMILES string of the molecule is CN(C)C(=O)[C@H](Cc1ccccc1)NC(=O)C(C)(C)NC(=O)[C@H]1CCCN1C(=O)[C@H](Cc1cccnc1)NC(=O)OC(C)(C)C. The molecule has 0 bridgehead atoms. The third-order valence-corrected chi connectivity index (χ3v) is 7.32. The fourth-order valence-corrected chi connectivity index (χ4v) is 5.06. The lowest BCUT2D eigenvalue weighted by molar-refractivity contribution is -0.142. The Morgan fingerprint density at radius 1 is 0.933 bits per heavy atom. The molecule has 0 unspecified atom stereocenters. The van der Waals surface area contributed by atoms with Crippen molar-refractivity contribution in [3.8, 4) is 0 Å². The van der Waals surface area contributed by atoms with E-state index in [1.807, 2.05) is 30.3 Å². The monoisotopic (exact) mass is 622 g/mol. The fraction of sp³-hybridized carbons (Fsp3) is 0.515. The predicted octanol–water partition coefficient (Wildman–Crippen LogP) is 2.22. The first kappa shape index (κ1) is 35.0. The number of hydrogen-bond acceptors (Lipinski definition) is 7. The summed E-state index contributed by atoms with van der Waals surface area (Å²) >= 11 is 0. The van der Waals surface area contributed by atoms with E-state index >= 15 is 0 Å². The maximum atomic E-state index is 13.9. The van der Waals surface area contributed by atoms with Gasteiger partial charge in [-0.25, -0.2) is 4.79 Å². The minimum Gasteiger partial charge on any atom is -0.444 e. The Labute approximate surface area is 265 Å². The number of benzene rings is 1. The summed E-state index contributed by atoms with van der Waals surface area (Å²) in [6.07, 6.45) is 3.85. The summed E-state index contributed by atoms with van der Waals surface area (Å²) in [7, 11) is 3.23. The van der Waals surface area contributed by atoms with Gasteiger partial charge >= 0.3 is 6.09 Å². The molecule has 0 spiro atoms. The zero-order chi connectivity index (χ0) is 33.4. The molecule has 1 aromatic heterocycles. The maximum Gasteiger partial charge on any atom is 0.408 e. The molecule has 3 N–H and O–H groups in total. The molecule has 3 atom stereocenters. The van der Waals surface area contributed by atoms with Crippen LogP contribution in [0.15, 0.2) is 54.9 Å². The largest absolute Gasteiger partial charge is 0.444 e.